The first kappa shape index (κ1) is 14.2. The standard InChI is InChI=1S/C8H11ClN2O4S2/c1-6-5-10-8(9)4-7(6)11(16(2,12)13)17(3,14)15/h4-5H,1-3H3. The van der Waals surface area contributed by atoms with Crippen LogP contribution in [0.15, 0.2) is 12.3 Å². The second-order valence-electron chi connectivity index (χ2n) is 3.52. The summed E-state index contributed by atoms with van der Waals surface area (Å²) in [4.78, 5) is 3.73. The first-order valence-electron chi connectivity index (χ1n) is 4.36. The first-order chi connectivity index (χ1) is 7.53. The molecule has 0 bridgehead atoms. The molecule has 0 amide bonds. The van der Waals surface area contributed by atoms with Crippen molar-refractivity contribution in [2.24, 2.45) is 0 Å². The van der Waals surface area contributed by atoms with E-state index < -0.39 is 20.0 Å². The number of pyridine rings is 1. The minimum Gasteiger partial charge on any atom is -0.244 e. The zero-order valence-electron chi connectivity index (χ0n) is 9.38. The summed E-state index contributed by atoms with van der Waals surface area (Å²) in [6, 6.07) is 1.19. The molecule has 96 valence electrons. The molecule has 1 aromatic rings. The van der Waals surface area contributed by atoms with E-state index in [0.29, 0.717) is 9.27 Å². The Balaban J connectivity index is 3.61. The number of aryl methyl sites for hydroxylation is 1. The topological polar surface area (TPSA) is 84.4 Å². The molecule has 0 saturated heterocycles. The number of nitrogens with zero attached hydrogens (tertiary/aromatic N) is 2. The normalized spacial score (nSPS) is 12.5. The third-order valence-corrected chi connectivity index (χ3v) is 5.27. The highest BCUT2D eigenvalue weighted by Crippen LogP contribution is 2.26. The van der Waals surface area contributed by atoms with Crippen LogP contribution in [-0.4, -0.2) is 34.3 Å². The Hall–Kier alpha value is -0.860. The Labute approximate surface area is 105 Å². The molecule has 1 heterocycles. The molecule has 0 N–H and O–H groups in total. The molecule has 0 aliphatic carbocycles. The highest BCUT2D eigenvalue weighted by atomic mass is 35.5. The summed E-state index contributed by atoms with van der Waals surface area (Å²) in [6.45, 7) is 1.54. The summed E-state index contributed by atoms with van der Waals surface area (Å²) < 4.78 is 46.4. The van der Waals surface area contributed by atoms with E-state index in [1.54, 1.807) is 6.92 Å². The van der Waals surface area contributed by atoms with Crippen molar-refractivity contribution in [3.63, 3.8) is 0 Å². The SMILES string of the molecule is Cc1cnc(Cl)cc1N(S(C)(=O)=O)S(C)(=O)=O. The van der Waals surface area contributed by atoms with Crippen LogP contribution in [0.1, 0.15) is 5.56 Å². The second-order valence-corrected chi connectivity index (χ2v) is 7.80. The molecule has 0 aliphatic rings. The predicted molar refractivity (Wildman–Crippen MR) is 66.2 cm³/mol. The van der Waals surface area contributed by atoms with E-state index in [4.69, 9.17) is 11.6 Å². The summed E-state index contributed by atoms with van der Waals surface area (Å²) in [6.07, 6.45) is 2.92. The average Bonchev–Trinajstić information content (AvgIpc) is 2.06. The fourth-order valence-corrected chi connectivity index (χ4v) is 4.52. The van der Waals surface area contributed by atoms with E-state index >= 15 is 0 Å². The second kappa shape index (κ2) is 4.43. The molecule has 0 unspecified atom stereocenters. The van der Waals surface area contributed by atoms with E-state index in [1.165, 1.54) is 12.3 Å². The molecule has 0 aliphatic heterocycles. The minimum absolute atomic E-state index is 0.0166. The molecular formula is C8H11ClN2O4S2. The highest BCUT2D eigenvalue weighted by molar-refractivity contribution is 8.09. The van der Waals surface area contributed by atoms with Gasteiger partial charge in [-0.1, -0.05) is 11.6 Å². The van der Waals surface area contributed by atoms with Gasteiger partial charge in [-0.2, -0.15) is 3.71 Å². The van der Waals surface area contributed by atoms with Crippen LogP contribution in [0, 0.1) is 6.92 Å². The molecule has 17 heavy (non-hydrogen) atoms. The van der Waals surface area contributed by atoms with Gasteiger partial charge in [-0.3, -0.25) is 0 Å². The van der Waals surface area contributed by atoms with Crippen LogP contribution >= 0.6 is 11.6 Å². The highest BCUT2D eigenvalue weighted by Gasteiger charge is 2.28. The van der Waals surface area contributed by atoms with Crippen LogP contribution in [0.3, 0.4) is 0 Å². The van der Waals surface area contributed by atoms with Gasteiger partial charge in [0.1, 0.15) is 5.15 Å². The van der Waals surface area contributed by atoms with E-state index in [0.717, 1.165) is 12.5 Å². The molecule has 0 saturated carbocycles. The Bertz CT molecular complexity index is 607. The molecule has 1 aromatic heterocycles. The van der Waals surface area contributed by atoms with Crippen LogP contribution in [0.25, 0.3) is 0 Å². The number of rotatable bonds is 3. The number of aromatic nitrogens is 1. The quantitative estimate of drug-likeness (QED) is 0.770. The van der Waals surface area contributed by atoms with Crippen molar-refractivity contribution in [3.8, 4) is 0 Å². The molecule has 0 fully saturated rings. The predicted octanol–water partition coefficient (Wildman–Crippen LogP) is 0.769. The fraction of sp³-hybridized carbons (Fsp3) is 0.375. The van der Waals surface area contributed by atoms with Gasteiger partial charge in [0.25, 0.3) is 0 Å². The third-order valence-electron chi connectivity index (χ3n) is 1.84. The first-order valence-corrected chi connectivity index (χ1v) is 8.43. The summed E-state index contributed by atoms with van der Waals surface area (Å²) in [5.74, 6) is 0. The van der Waals surface area contributed by atoms with E-state index in [2.05, 4.69) is 4.98 Å². The van der Waals surface area contributed by atoms with Crippen molar-refractivity contribution in [1.82, 2.24) is 4.98 Å². The average molecular weight is 299 g/mol. The fourth-order valence-electron chi connectivity index (χ4n) is 1.29. The number of sulfonamides is 2. The van der Waals surface area contributed by atoms with Gasteiger partial charge >= 0.3 is 0 Å². The van der Waals surface area contributed by atoms with Crippen LogP contribution < -0.4 is 3.71 Å². The number of anilines is 1. The van der Waals surface area contributed by atoms with Crippen molar-refractivity contribution >= 4 is 37.3 Å². The van der Waals surface area contributed by atoms with Crippen molar-refractivity contribution in [2.75, 3.05) is 16.2 Å². The van der Waals surface area contributed by atoms with Crippen LogP contribution in [-0.2, 0) is 20.0 Å². The van der Waals surface area contributed by atoms with Gasteiger partial charge in [-0.05, 0) is 12.5 Å². The zero-order chi connectivity index (χ0) is 13.4. The molecule has 0 aromatic carbocycles. The number of halogens is 1. The van der Waals surface area contributed by atoms with Gasteiger partial charge in [0, 0.05) is 12.3 Å². The van der Waals surface area contributed by atoms with Crippen LogP contribution in [0.4, 0.5) is 5.69 Å². The van der Waals surface area contributed by atoms with Gasteiger partial charge < -0.3 is 0 Å². The minimum atomic E-state index is -3.96. The summed E-state index contributed by atoms with van der Waals surface area (Å²) >= 11 is 5.63. The lowest BCUT2D eigenvalue weighted by molar-refractivity contribution is 0.590. The van der Waals surface area contributed by atoms with Crippen molar-refractivity contribution in [2.45, 2.75) is 6.92 Å². The van der Waals surface area contributed by atoms with Gasteiger partial charge in [-0.15, -0.1) is 0 Å². The third kappa shape index (κ3) is 3.30. The maximum absolute atomic E-state index is 11.5. The van der Waals surface area contributed by atoms with Gasteiger partial charge in [0.05, 0.1) is 18.2 Å². The lowest BCUT2D eigenvalue weighted by Gasteiger charge is -2.21. The molecule has 0 atom stereocenters. The molecule has 6 nitrogen and oxygen atoms in total. The molecule has 0 spiro atoms. The summed E-state index contributed by atoms with van der Waals surface area (Å²) in [5, 5.41) is 0.0166. The van der Waals surface area contributed by atoms with E-state index in [1.807, 2.05) is 0 Å². The lowest BCUT2D eigenvalue weighted by atomic mass is 10.3. The zero-order valence-corrected chi connectivity index (χ0v) is 11.8. The molecular weight excluding hydrogens is 288 g/mol. The van der Waals surface area contributed by atoms with E-state index in [-0.39, 0.29) is 10.8 Å². The molecule has 9 heteroatoms. The Morgan fingerprint density at radius 3 is 2.06 bits per heavy atom. The Morgan fingerprint density at radius 1 is 1.18 bits per heavy atom. The maximum atomic E-state index is 11.5. The Kier molecular flexibility index (Phi) is 3.70. The Morgan fingerprint density at radius 2 is 1.65 bits per heavy atom. The van der Waals surface area contributed by atoms with Crippen LogP contribution in [0.5, 0.6) is 0 Å². The van der Waals surface area contributed by atoms with Crippen molar-refractivity contribution in [1.29, 1.82) is 0 Å². The molecule has 0 radical (unpaired) electrons. The van der Waals surface area contributed by atoms with Gasteiger partial charge in [0.2, 0.25) is 20.0 Å². The lowest BCUT2D eigenvalue weighted by Crippen LogP contribution is -2.35. The van der Waals surface area contributed by atoms with Crippen LogP contribution in [0.2, 0.25) is 5.15 Å². The summed E-state index contributed by atoms with van der Waals surface area (Å²) in [7, 11) is -7.91. The van der Waals surface area contributed by atoms with Gasteiger partial charge in [0.15, 0.2) is 0 Å². The smallest absolute Gasteiger partial charge is 0.244 e. The number of hydrogen-bond donors (Lipinski definition) is 0. The summed E-state index contributed by atoms with van der Waals surface area (Å²) in [5.41, 5.74) is 0.375. The number of hydrogen-bond acceptors (Lipinski definition) is 5. The van der Waals surface area contributed by atoms with Gasteiger partial charge in [-0.25, -0.2) is 21.8 Å². The molecule has 1 rings (SSSR count). The maximum Gasteiger partial charge on any atom is 0.245 e. The monoisotopic (exact) mass is 298 g/mol. The van der Waals surface area contributed by atoms with Crippen molar-refractivity contribution in [3.05, 3.63) is 23.0 Å². The largest absolute Gasteiger partial charge is 0.245 e. The van der Waals surface area contributed by atoms with Crippen molar-refractivity contribution < 1.29 is 16.8 Å². The van der Waals surface area contributed by atoms with E-state index in [9.17, 15) is 16.8 Å².